The summed E-state index contributed by atoms with van der Waals surface area (Å²) in [6.45, 7) is 2.07. The normalized spacial score (nSPS) is 10.8. The number of aryl methyl sites for hydroxylation is 1. The van der Waals surface area contributed by atoms with E-state index in [-0.39, 0.29) is 0 Å². The highest BCUT2D eigenvalue weighted by atomic mass is 16.5. The van der Waals surface area contributed by atoms with Gasteiger partial charge in [0.05, 0.1) is 12.6 Å². The third-order valence-corrected chi connectivity index (χ3v) is 4.05. The molecule has 4 rings (SSSR count). The molecule has 0 aliphatic carbocycles. The van der Waals surface area contributed by atoms with E-state index in [1.807, 2.05) is 36.4 Å². The third-order valence-electron chi connectivity index (χ3n) is 4.05. The molecule has 0 amide bonds. The summed E-state index contributed by atoms with van der Waals surface area (Å²) in [5, 5.41) is 3.33. The van der Waals surface area contributed by atoms with Crippen molar-refractivity contribution in [1.29, 1.82) is 0 Å². The second kappa shape index (κ2) is 6.28. The molecule has 4 aromatic rings. The summed E-state index contributed by atoms with van der Waals surface area (Å²) >= 11 is 0. The molecule has 2 aromatic heterocycles. The number of nitrogens with zero attached hydrogens (tertiary/aromatic N) is 2. The minimum Gasteiger partial charge on any atom is -0.497 e. The number of imidazole rings is 1. The Morgan fingerprint density at radius 3 is 2.64 bits per heavy atom. The largest absolute Gasteiger partial charge is 0.497 e. The van der Waals surface area contributed by atoms with E-state index in [9.17, 15) is 0 Å². The second-order valence-corrected chi connectivity index (χ2v) is 5.86. The van der Waals surface area contributed by atoms with E-state index in [1.54, 1.807) is 13.3 Å². The lowest BCUT2D eigenvalue weighted by molar-refractivity contribution is 0.415. The standard InChI is InChI=1S/C20H18N4O/c1-13-4-3-5-14(12-13)19-23-17-10-11-21-20(18(17)24-19)22-15-6-8-16(25-2)9-7-15/h3-12H,1-2H3,(H,21,22)(H,23,24). The van der Waals surface area contributed by atoms with Crippen molar-refractivity contribution in [2.45, 2.75) is 6.92 Å². The summed E-state index contributed by atoms with van der Waals surface area (Å²) in [5.74, 6) is 2.38. The third kappa shape index (κ3) is 3.04. The molecule has 0 spiro atoms. The van der Waals surface area contributed by atoms with E-state index in [0.29, 0.717) is 0 Å². The van der Waals surface area contributed by atoms with Gasteiger partial charge in [0.2, 0.25) is 0 Å². The van der Waals surface area contributed by atoms with Crippen molar-refractivity contribution in [3.05, 3.63) is 66.4 Å². The van der Waals surface area contributed by atoms with Gasteiger partial charge in [0.25, 0.3) is 0 Å². The van der Waals surface area contributed by atoms with Gasteiger partial charge in [-0.05, 0) is 43.3 Å². The van der Waals surface area contributed by atoms with Crippen LogP contribution in [0.4, 0.5) is 11.5 Å². The van der Waals surface area contributed by atoms with E-state index in [0.717, 1.165) is 39.7 Å². The Bertz CT molecular complexity index is 1020. The summed E-state index contributed by atoms with van der Waals surface area (Å²) in [5.41, 5.74) is 4.96. The monoisotopic (exact) mass is 330 g/mol. The lowest BCUT2D eigenvalue weighted by Crippen LogP contribution is -1.94. The molecule has 0 atom stereocenters. The Morgan fingerprint density at radius 2 is 1.88 bits per heavy atom. The molecule has 2 heterocycles. The van der Waals surface area contributed by atoms with Gasteiger partial charge in [0.15, 0.2) is 5.82 Å². The number of aromatic nitrogens is 3. The molecular formula is C20H18N4O. The zero-order valence-electron chi connectivity index (χ0n) is 14.1. The van der Waals surface area contributed by atoms with Crippen molar-refractivity contribution in [2.24, 2.45) is 0 Å². The van der Waals surface area contributed by atoms with E-state index in [2.05, 4.69) is 40.4 Å². The molecule has 2 N–H and O–H groups in total. The zero-order valence-corrected chi connectivity index (χ0v) is 14.1. The number of ether oxygens (including phenoxy) is 1. The van der Waals surface area contributed by atoms with Crippen molar-refractivity contribution in [3.63, 3.8) is 0 Å². The second-order valence-electron chi connectivity index (χ2n) is 5.86. The molecule has 0 fully saturated rings. The number of methoxy groups -OCH3 is 1. The van der Waals surface area contributed by atoms with E-state index >= 15 is 0 Å². The summed E-state index contributed by atoms with van der Waals surface area (Å²) in [6.07, 6.45) is 1.77. The maximum absolute atomic E-state index is 5.19. The van der Waals surface area contributed by atoms with Crippen LogP contribution in [0, 0.1) is 6.92 Å². The van der Waals surface area contributed by atoms with Crippen LogP contribution in [0.1, 0.15) is 5.56 Å². The summed E-state index contributed by atoms with van der Waals surface area (Å²) in [6, 6.07) is 17.9. The quantitative estimate of drug-likeness (QED) is 0.570. The van der Waals surface area contributed by atoms with Crippen LogP contribution in [0.5, 0.6) is 5.75 Å². The average Bonchev–Trinajstić information content (AvgIpc) is 3.08. The topological polar surface area (TPSA) is 62.8 Å². The predicted octanol–water partition coefficient (Wildman–Crippen LogP) is 4.69. The van der Waals surface area contributed by atoms with Crippen molar-refractivity contribution in [2.75, 3.05) is 12.4 Å². The van der Waals surface area contributed by atoms with Gasteiger partial charge in [-0.25, -0.2) is 9.97 Å². The number of anilines is 2. The van der Waals surface area contributed by atoms with Crippen LogP contribution in [0.2, 0.25) is 0 Å². The first-order valence-corrected chi connectivity index (χ1v) is 8.06. The van der Waals surface area contributed by atoms with E-state index in [1.165, 1.54) is 5.56 Å². The maximum atomic E-state index is 5.19. The van der Waals surface area contributed by atoms with Crippen molar-refractivity contribution in [1.82, 2.24) is 15.0 Å². The molecule has 124 valence electrons. The highest BCUT2D eigenvalue weighted by Gasteiger charge is 2.10. The molecule has 0 saturated carbocycles. The number of rotatable bonds is 4. The van der Waals surface area contributed by atoms with Gasteiger partial charge in [0.1, 0.15) is 17.1 Å². The lowest BCUT2D eigenvalue weighted by atomic mass is 10.1. The summed E-state index contributed by atoms with van der Waals surface area (Å²) in [4.78, 5) is 12.6. The van der Waals surface area contributed by atoms with Gasteiger partial charge in [-0.1, -0.05) is 23.8 Å². The SMILES string of the molecule is COc1ccc(Nc2nccc3[nH]c(-c4cccc(C)c4)nc23)cc1. The first kappa shape index (κ1) is 15.2. The van der Waals surface area contributed by atoms with Gasteiger partial charge < -0.3 is 15.0 Å². The molecule has 5 nitrogen and oxygen atoms in total. The van der Waals surface area contributed by atoms with Crippen LogP contribution in [0.15, 0.2) is 60.8 Å². The highest BCUT2D eigenvalue weighted by Crippen LogP contribution is 2.27. The van der Waals surface area contributed by atoms with Crippen molar-refractivity contribution < 1.29 is 4.74 Å². The Labute approximate surface area is 145 Å². The van der Waals surface area contributed by atoms with Gasteiger partial charge in [0, 0.05) is 17.4 Å². The summed E-state index contributed by atoms with van der Waals surface area (Å²) < 4.78 is 5.19. The number of H-pyrrole nitrogens is 1. The van der Waals surface area contributed by atoms with Gasteiger partial charge in [-0.15, -0.1) is 0 Å². The zero-order chi connectivity index (χ0) is 17.2. The number of nitrogens with one attached hydrogen (secondary N) is 2. The van der Waals surface area contributed by atoms with E-state index in [4.69, 9.17) is 9.72 Å². The molecule has 0 bridgehead atoms. The van der Waals surface area contributed by atoms with Crippen LogP contribution >= 0.6 is 0 Å². The number of hydrogen-bond donors (Lipinski definition) is 2. The Balaban J connectivity index is 1.72. The molecular weight excluding hydrogens is 312 g/mol. The number of aromatic amines is 1. The smallest absolute Gasteiger partial charge is 0.158 e. The van der Waals surface area contributed by atoms with Gasteiger partial charge in [-0.2, -0.15) is 0 Å². The van der Waals surface area contributed by atoms with Crippen molar-refractivity contribution >= 4 is 22.5 Å². The molecule has 0 aliphatic heterocycles. The minimum atomic E-state index is 0.720. The molecule has 0 unspecified atom stereocenters. The van der Waals surface area contributed by atoms with Crippen LogP contribution < -0.4 is 10.1 Å². The van der Waals surface area contributed by atoms with Crippen LogP contribution in [0.3, 0.4) is 0 Å². The Morgan fingerprint density at radius 1 is 1.04 bits per heavy atom. The average molecular weight is 330 g/mol. The number of fused-ring (bicyclic) bond motifs is 1. The molecule has 0 saturated heterocycles. The van der Waals surface area contributed by atoms with Crippen LogP contribution in [-0.4, -0.2) is 22.1 Å². The van der Waals surface area contributed by atoms with Crippen LogP contribution in [-0.2, 0) is 0 Å². The molecule has 5 heteroatoms. The molecule has 2 aromatic carbocycles. The Hall–Kier alpha value is -3.34. The van der Waals surface area contributed by atoms with E-state index < -0.39 is 0 Å². The van der Waals surface area contributed by atoms with Gasteiger partial charge >= 0.3 is 0 Å². The lowest BCUT2D eigenvalue weighted by Gasteiger charge is -2.06. The fraction of sp³-hybridized carbons (Fsp3) is 0.100. The first-order valence-electron chi connectivity index (χ1n) is 8.06. The Kier molecular flexibility index (Phi) is 3.82. The highest BCUT2D eigenvalue weighted by molar-refractivity contribution is 5.89. The molecule has 0 aliphatic rings. The molecule has 0 radical (unpaired) electrons. The first-order chi connectivity index (χ1) is 12.2. The minimum absolute atomic E-state index is 0.720. The van der Waals surface area contributed by atoms with Crippen molar-refractivity contribution in [3.8, 4) is 17.1 Å². The van der Waals surface area contributed by atoms with Crippen LogP contribution in [0.25, 0.3) is 22.4 Å². The summed E-state index contributed by atoms with van der Waals surface area (Å²) in [7, 11) is 1.65. The number of benzene rings is 2. The fourth-order valence-corrected chi connectivity index (χ4v) is 2.77. The molecule has 25 heavy (non-hydrogen) atoms. The van der Waals surface area contributed by atoms with Gasteiger partial charge in [-0.3, -0.25) is 0 Å². The fourth-order valence-electron chi connectivity index (χ4n) is 2.77. The number of hydrogen-bond acceptors (Lipinski definition) is 4. The predicted molar refractivity (Wildman–Crippen MR) is 100 cm³/mol. The number of pyridine rings is 1. The maximum Gasteiger partial charge on any atom is 0.158 e.